The average Bonchev–Trinajstić information content (AvgIpc) is 2.64. The maximum Gasteiger partial charge on any atom is 0.223 e. The Hall–Kier alpha value is -0.610. The molecule has 0 aromatic heterocycles. The molecule has 4 nitrogen and oxygen atoms in total. The number of aliphatic hydroxyl groups excluding tert-OH is 1. The molecule has 1 rings (SSSR count). The fourth-order valence-corrected chi connectivity index (χ4v) is 1.63. The molecule has 1 aliphatic rings. The fourth-order valence-electron chi connectivity index (χ4n) is 1.63. The summed E-state index contributed by atoms with van der Waals surface area (Å²) in [7, 11) is 0. The molecule has 4 heteroatoms. The summed E-state index contributed by atoms with van der Waals surface area (Å²) in [4.78, 5) is 13.4. The zero-order valence-electron chi connectivity index (χ0n) is 8.83. The Morgan fingerprint density at radius 3 is 2.71 bits per heavy atom. The normalized spacial score (nSPS) is 18.6. The van der Waals surface area contributed by atoms with E-state index in [0.717, 1.165) is 25.9 Å². The van der Waals surface area contributed by atoms with Crippen LogP contribution in [-0.2, 0) is 4.79 Å². The van der Waals surface area contributed by atoms with Crippen molar-refractivity contribution < 1.29 is 9.90 Å². The maximum absolute atomic E-state index is 11.5. The minimum Gasteiger partial charge on any atom is -0.392 e. The summed E-state index contributed by atoms with van der Waals surface area (Å²) < 4.78 is 0. The first-order valence-corrected chi connectivity index (χ1v) is 5.36. The van der Waals surface area contributed by atoms with Gasteiger partial charge in [0.25, 0.3) is 0 Å². The van der Waals surface area contributed by atoms with Crippen LogP contribution in [0.3, 0.4) is 0 Å². The fraction of sp³-hybridized carbons (Fsp3) is 0.900. The van der Waals surface area contributed by atoms with Crippen LogP contribution in [0.25, 0.3) is 0 Å². The lowest BCUT2D eigenvalue weighted by Gasteiger charge is -2.15. The van der Waals surface area contributed by atoms with Gasteiger partial charge in [-0.1, -0.05) is 0 Å². The van der Waals surface area contributed by atoms with Gasteiger partial charge >= 0.3 is 0 Å². The second-order valence-electron chi connectivity index (χ2n) is 3.89. The molecular weight excluding hydrogens is 180 g/mol. The van der Waals surface area contributed by atoms with E-state index in [1.165, 1.54) is 0 Å². The van der Waals surface area contributed by atoms with Gasteiger partial charge in [-0.15, -0.1) is 0 Å². The zero-order valence-corrected chi connectivity index (χ0v) is 8.83. The highest BCUT2D eigenvalue weighted by Gasteiger charge is 2.16. The van der Waals surface area contributed by atoms with Crippen LogP contribution in [-0.4, -0.2) is 48.2 Å². The quantitative estimate of drug-likeness (QED) is 0.613. The van der Waals surface area contributed by atoms with E-state index in [1.807, 2.05) is 4.90 Å². The smallest absolute Gasteiger partial charge is 0.223 e. The van der Waals surface area contributed by atoms with Gasteiger partial charge in [-0.2, -0.15) is 0 Å². The first kappa shape index (κ1) is 11.5. The van der Waals surface area contributed by atoms with Crippen molar-refractivity contribution in [2.24, 2.45) is 0 Å². The predicted molar refractivity (Wildman–Crippen MR) is 55.0 cm³/mol. The number of amides is 1. The van der Waals surface area contributed by atoms with Crippen molar-refractivity contribution in [3.63, 3.8) is 0 Å². The van der Waals surface area contributed by atoms with Crippen molar-refractivity contribution in [2.45, 2.75) is 32.3 Å². The molecule has 1 fully saturated rings. The van der Waals surface area contributed by atoms with E-state index in [2.05, 4.69) is 5.32 Å². The van der Waals surface area contributed by atoms with Crippen LogP contribution in [0.1, 0.15) is 26.2 Å². The van der Waals surface area contributed by atoms with E-state index in [9.17, 15) is 4.79 Å². The molecule has 0 saturated carbocycles. The molecular formula is C10H20N2O2. The van der Waals surface area contributed by atoms with Crippen LogP contribution in [0.4, 0.5) is 0 Å². The molecule has 82 valence electrons. The average molecular weight is 200 g/mol. The lowest BCUT2D eigenvalue weighted by atomic mass is 10.3. The second-order valence-corrected chi connectivity index (χ2v) is 3.89. The summed E-state index contributed by atoms with van der Waals surface area (Å²) in [6, 6.07) is 0. The summed E-state index contributed by atoms with van der Waals surface area (Å²) >= 11 is 0. The van der Waals surface area contributed by atoms with E-state index in [4.69, 9.17) is 5.11 Å². The van der Waals surface area contributed by atoms with Gasteiger partial charge in [-0.25, -0.2) is 0 Å². The summed E-state index contributed by atoms with van der Waals surface area (Å²) in [5, 5.41) is 12.0. The standard InChI is InChI=1S/C10H20N2O2/c1-9(13)8-11-5-4-10(14)12-6-2-3-7-12/h9,11,13H,2-8H2,1H3/t9-/m1/s1. The van der Waals surface area contributed by atoms with Crippen molar-refractivity contribution in [1.29, 1.82) is 0 Å². The Balaban J connectivity index is 2.03. The molecule has 0 bridgehead atoms. The highest BCUT2D eigenvalue weighted by atomic mass is 16.3. The third kappa shape index (κ3) is 4.07. The molecule has 0 unspecified atom stereocenters. The van der Waals surface area contributed by atoms with Crippen LogP contribution >= 0.6 is 0 Å². The van der Waals surface area contributed by atoms with Crippen molar-refractivity contribution >= 4 is 5.91 Å². The number of hydrogen-bond acceptors (Lipinski definition) is 3. The van der Waals surface area contributed by atoms with Crippen LogP contribution in [0.5, 0.6) is 0 Å². The van der Waals surface area contributed by atoms with Crippen molar-refractivity contribution in [1.82, 2.24) is 10.2 Å². The van der Waals surface area contributed by atoms with Crippen LogP contribution in [0.15, 0.2) is 0 Å². The van der Waals surface area contributed by atoms with Gasteiger partial charge < -0.3 is 15.3 Å². The number of aliphatic hydroxyl groups is 1. The summed E-state index contributed by atoms with van der Waals surface area (Å²) in [5.41, 5.74) is 0. The summed E-state index contributed by atoms with van der Waals surface area (Å²) in [6.45, 7) is 4.81. The first-order valence-electron chi connectivity index (χ1n) is 5.36. The molecule has 1 amide bonds. The number of hydrogen-bond donors (Lipinski definition) is 2. The molecule has 1 heterocycles. The van der Waals surface area contributed by atoms with E-state index in [-0.39, 0.29) is 12.0 Å². The molecule has 0 aromatic carbocycles. The Kier molecular flexibility index (Phi) is 4.90. The summed E-state index contributed by atoms with van der Waals surface area (Å²) in [5.74, 6) is 0.237. The lowest BCUT2D eigenvalue weighted by molar-refractivity contribution is -0.130. The minimum atomic E-state index is -0.336. The van der Waals surface area contributed by atoms with Gasteiger partial charge in [-0.3, -0.25) is 4.79 Å². The number of rotatable bonds is 5. The SMILES string of the molecule is C[C@@H](O)CNCCC(=O)N1CCCC1. The van der Waals surface area contributed by atoms with E-state index in [0.29, 0.717) is 19.5 Å². The second kappa shape index (κ2) is 5.98. The van der Waals surface area contributed by atoms with Gasteiger partial charge in [0.1, 0.15) is 0 Å². The van der Waals surface area contributed by atoms with Gasteiger partial charge in [0.15, 0.2) is 0 Å². The Morgan fingerprint density at radius 2 is 2.14 bits per heavy atom. The molecule has 1 aliphatic heterocycles. The van der Waals surface area contributed by atoms with Crippen molar-refractivity contribution in [3.05, 3.63) is 0 Å². The number of likely N-dealkylation sites (tertiary alicyclic amines) is 1. The molecule has 0 spiro atoms. The van der Waals surface area contributed by atoms with E-state index in [1.54, 1.807) is 6.92 Å². The Bertz CT molecular complexity index is 177. The molecule has 1 atom stereocenters. The van der Waals surface area contributed by atoms with Crippen molar-refractivity contribution in [3.8, 4) is 0 Å². The number of nitrogens with one attached hydrogen (secondary N) is 1. The predicted octanol–water partition coefficient (Wildman–Crippen LogP) is -0.0307. The number of carbonyl (C=O) groups excluding carboxylic acids is 1. The van der Waals surface area contributed by atoms with Gasteiger partial charge in [0.2, 0.25) is 5.91 Å². The maximum atomic E-state index is 11.5. The van der Waals surface area contributed by atoms with Crippen molar-refractivity contribution in [2.75, 3.05) is 26.2 Å². The van der Waals surface area contributed by atoms with Crippen LogP contribution in [0, 0.1) is 0 Å². The number of nitrogens with zero attached hydrogens (tertiary/aromatic N) is 1. The van der Waals surface area contributed by atoms with Gasteiger partial charge in [0.05, 0.1) is 6.10 Å². The molecule has 14 heavy (non-hydrogen) atoms. The Morgan fingerprint density at radius 1 is 1.50 bits per heavy atom. The number of carbonyl (C=O) groups is 1. The third-order valence-corrected chi connectivity index (χ3v) is 2.41. The molecule has 1 saturated heterocycles. The monoisotopic (exact) mass is 200 g/mol. The van der Waals surface area contributed by atoms with Gasteiger partial charge in [-0.05, 0) is 19.8 Å². The Labute approximate surface area is 85.3 Å². The van der Waals surface area contributed by atoms with E-state index < -0.39 is 0 Å². The minimum absolute atomic E-state index is 0.237. The molecule has 0 aromatic rings. The topological polar surface area (TPSA) is 52.6 Å². The first-order chi connectivity index (χ1) is 6.70. The van der Waals surface area contributed by atoms with Gasteiger partial charge in [0, 0.05) is 32.6 Å². The highest BCUT2D eigenvalue weighted by molar-refractivity contribution is 5.76. The van der Waals surface area contributed by atoms with Crippen LogP contribution in [0.2, 0.25) is 0 Å². The largest absolute Gasteiger partial charge is 0.392 e. The molecule has 2 N–H and O–H groups in total. The zero-order chi connectivity index (χ0) is 10.4. The highest BCUT2D eigenvalue weighted by Crippen LogP contribution is 2.08. The molecule has 0 aliphatic carbocycles. The van der Waals surface area contributed by atoms with Crippen LogP contribution < -0.4 is 5.32 Å². The molecule has 0 radical (unpaired) electrons. The lowest BCUT2D eigenvalue weighted by Crippen LogP contribution is -2.32. The summed E-state index contributed by atoms with van der Waals surface area (Å²) in [6.07, 6.45) is 2.50. The third-order valence-electron chi connectivity index (χ3n) is 2.41. The van der Waals surface area contributed by atoms with E-state index >= 15 is 0 Å².